The highest BCUT2D eigenvalue weighted by Gasteiger charge is 2.14. The zero-order valence-corrected chi connectivity index (χ0v) is 20.0. The van der Waals surface area contributed by atoms with Crippen LogP contribution in [0.4, 0.5) is 5.69 Å². The summed E-state index contributed by atoms with van der Waals surface area (Å²) < 4.78 is 1.61. The molecule has 0 spiro atoms. The summed E-state index contributed by atoms with van der Waals surface area (Å²) in [4.78, 5) is 30.6. The molecule has 1 amide bonds. The lowest BCUT2D eigenvalue weighted by Crippen LogP contribution is -2.24. The molecule has 168 valence electrons. The van der Waals surface area contributed by atoms with E-state index >= 15 is 0 Å². The fraction of sp³-hybridized carbons (Fsp3) is 0.192. The van der Waals surface area contributed by atoms with E-state index in [4.69, 9.17) is 11.6 Å². The smallest absolute Gasteiger partial charge is 0.262 e. The van der Waals surface area contributed by atoms with Crippen molar-refractivity contribution in [2.75, 3.05) is 11.1 Å². The van der Waals surface area contributed by atoms with Crippen molar-refractivity contribution in [1.82, 2.24) is 9.55 Å². The number of fused-ring (bicyclic) bond motifs is 1. The van der Waals surface area contributed by atoms with Crippen molar-refractivity contribution in [2.24, 2.45) is 0 Å². The van der Waals surface area contributed by atoms with Gasteiger partial charge >= 0.3 is 0 Å². The van der Waals surface area contributed by atoms with Crippen LogP contribution in [0, 0.1) is 0 Å². The van der Waals surface area contributed by atoms with E-state index in [1.807, 2.05) is 54.6 Å². The zero-order chi connectivity index (χ0) is 23.4. The number of amides is 1. The molecular formula is C26H24ClN3O2S. The van der Waals surface area contributed by atoms with Crippen LogP contribution in [0.25, 0.3) is 10.9 Å². The van der Waals surface area contributed by atoms with Crippen molar-refractivity contribution in [3.8, 4) is 0 Å². The molecule has 4 rings (SSSR count). The van der Waals surface area contributed by atoms with Crippen LogP contribution in [0.15, 0.2) is 82.7 Å². The Morgan fingerprint density at radius 2 is 1.82 bits per heavy atom. The number of thioether (sulfide) groups is 1. The summed E-state index contributed by atoms with van der Waals surface area (Å²) in [6.07, 6.45) is 0. The molecule has 0 atom stereocenters. The Kier molecular flexibility index (Phi) is 7.16. The van der Waals surface area contributed by atoms with Gasteiger partial charge in [-0.1, -0.05) is 73.6 Å². The number of rotatable bonds is 7. The molecule has 0 fully saturated rings. The summed E-state index contributed by atoms with van der Waals surface area (Å²) in [6, 6.07) is 22.4. The van der Waals surface area contributed by atoms with Crippen LogP contribution in [-0.4, -0.2) is 21.2 Å². The van der Waals surface area contributed by atoms with Gasteiger partial charge in [0.2, 0.25) is 5.91 Å². The largest absolute Gasteiger partial charge is 0.325 e. The normalized spacial score (nSPS) is 11.2. The van der Waals surface area contributed by atoms with Crippen LogP contribution in [0.5, 0.6) is 0 Å². The van der Waals surface area contributed by atoms with Crippen LogP contribution >= 0.6 is 23.4 Å². The molecule has 0 aliphatic heterocycles. The minimum Gasteiger partial charge on any atom is -0.325 e. The molecule has 7 heteroatoms. The highest BCUT2D eigenvalue weighted by molar-refractivity contribution is 7.99. The van der Waals surface area contributed by atoms with Gasteiger partial charge in [0.05, 0.1) is 23.2 Å². The Bertz CT molecular complexity index is 1350. The minimum atomic E-state index is -0.152. The molecule has 1 heterocycles. The molecule has 33 heavy (non-hydrogen) atoms. The molecule has 0 aliphatic carbocycles. The number of hydrogen-bond acceptors (Lipinski definition) is 4. The van der Waals surface area contributed by atoms with E-state index in [0.717, 1.165) is 16.8 Å². The Hall–Kier alpha value is -3.09. The first-order valence-corrected chi connectivity index (χ1v) is 12.0. The number of carbonyl (C=O) groups is 1. The fourth-order valence-corrected chi connectivity index (χ4v) is 4.40. The molecule has 1 aromatic heterocycles. The second-order valence-electron chi connectivity index (χ2n) is 8.05. The van der Waals surface area contributed by atoms with E-state index in [-0.39, 0.29) is 17.2 Å². The van der Waals surface area contributed by atoms with Crippen LogP contribution in [0.1, 0.15) is 30.9 Å². The van der Waals surface area contributed by atoms with E-state index in [2.05, 4.69) is 24.1 Å². The standard InChI is InChI=1S/C26H24ClN3O2S/c1-17(2)19-6-5-7-21(14-19)28-24(31)16-33-26-29-23-9-4-3-8-22(23)25(32)30(26)15-18-10-12-20(27)13-11-18/h3-14,17H,15-16H2,1-2H3,(H,28,31). The van der Waals surface area contributed by atoms with Crippen molar-refractivity contribution >= 4 is 45.9 Å². The molecular weight excluding hydrogens is 454 g/mol. The number of hydrogen-bond donors (Lipinski definition) is 1. The topological polar surface area (TPSA) is 64.0 Å². The average Bonchev–Trinajstić information content (AvgIpc) is 2.81. The van der Waals surface area contributed by atoms with Gasteiger partial charge in [-0.2, -0.15) is 0 Å². The monoisotopic (exact) mass is 477 g/mol. The average molecular weight is 478 g/mol. The van der Waals surface area contributed by atoms with Gasteiger partial charge < -0.3 is 5.32 Å². The van der Waals surface area contributed by atoms with Gasteiger partial charge in [0.15, 0.2) is 5.16 Å². The SMILES string of the molecule is CC(C)c1cccc(NC(=O)CSc2nc3ccccc3c(=O)n2Cc2ccc(Cl)cc2)c1. The molecule has 4 aromatic rings. The Morgan fingerprint density at radius 1 is 1.06 bits per heavy atom. The molecule has 0 saturated carbocycles. The number of carbonyl (C=O) groups excluding carboxylic acids is 1. The van der Waals surface area contributed by atoms with Crippen LogP contribution in [0.3, 0.4) is 0 Å². The summed E-state index contributed by atoms with van der Waals surface area (Å²) in [5.74, 6) is 0.360. The first-order valence-electron chi connectivity index (χ1n) is 10.7. The second kappa shape index (κ2) is 10.2. The predicted octanol–water partition coefficient (Wildman–Crippen LogP) is 5.95. The highest BCUT2D eigenvalue weighted by Crippen LogP contribution is 2.22. The lowest BCUT2D eigenvalue weighted by molar-refractivity contribution is -0.113. The van der Waals surface area contributed by atoms with Gasteiger partial charge in [-0.3, -0.25) is 14.2 Å². The molecule has 0 saturated heterocycles. The molecule has 0 radical (unpaired) electrons. The number of nitrogens with one attached hydrogen (secondary N) is 1. The van der Waals surface area contributed by atoms with Crippen molar-refractivity contribution in [1.29, 1.82) is 0 Å². The first-order chi connectivity index (χ1) is 15.9. The van der Waals surface area contributed by atoms with Gasteiger partial charge in [0.25, 0.3) is 5.56 Å². The lowest BCUT2D eigenvalue weighted by Gasteiger charge is -2.14. The maximum Gasteiger partial charge on any atom is 0.262 e. The predicted molar refractivity (Wildman–Crippen MR) is 136 cm³/mol. The number of nitrogens with zero attached hydrogens (tertiary/aromatic N) is 2. The number of benzene rings is 3. The van der Waals surface area contributed by atoms with Crippen LogP contribution < -0.4 is 10.9 Å². The summed E-state index contributed by atoms with van der Waals surface area (Å²) in [5, 5.41) is 4.63. The van der Waals surface area contributed by atoms with Gasteiger partial charge in [-0.05, 0) is 53.4 Å². The van der Waals surface area contributed by atoms with Gasteiger partial charge in [0.1, 0.15) is 0 Å². The summed E-state index contributed by atoms with van der Waals surface area (Å²) in [6.45, 7) is 4.57. The quantitative estimate of drug-likeness (QED) is 0.264. The molecule has 5 nitrogen and oxygen atoms in total. The van der Waals surface area contributed by atoms with Gasteiger partial charge in [-0.15, -0.1) is 0 Å². The minimum absolute atomic E-state index is 0.136. The molecule has 0 aliphatic rings. The van der Waals surface area contributed by atoms with Crippen molar-refractivity contribution in [3.63, 3.8) is 0 Å². The van der Waals surface area contributed by atoms with E-state index in [1.165, 1.54) is 11.8 Å². The lowest BCUT2D eigenvalue weighted by atomic mass is 10.0. The van der Waals surface area contributed by atoms with Crippen molar-refractivity contribution in [2.45, 2.75) is 31.5 Å². The molecule has 0 bridgehead atoms. The fourth-order valence-electron chi connectivity index (χ4n) is 3.47. The Morgan fingerprint density at radius 3 is 2.58 bits per heavy atom. The number of para-hydroxylation sites is 1. The zero-order valence-electron chi connectivity index (χ0n) is 18.4. The highest BCUT2D eigenvalue weighted by atomic mass is 35.5. The third kappa shape index (κ3) is 5.64. The van der Waals surface area contributed by atoms with E-state index < -0.39 is 0 Å². The maximum absolute atomic E-state index is 13.2. The van der Waals surface area contributed by atoms with Gasteiger partial charge in [0, 0.05) is 10.7 Å². The van der Waals surface area contributed by atoms with E-state index in [0.29, 0.717) is 33.5 Å². The molecule has 1 N–H and O–H groups in total. The van der Waals surface area contributed by atoms with Gasteiger partial charge in [-0.25, -0.2) is 4.98 Å². The van der Waals surface area contributed by atoms with Crippen molar-refractivity contribution in [3.05, 3.63) is 99.3 Å². The third-order valence-electron chi connectivity index (χ3n) is 5.25. The molecule has 0 unspecified atom stereocenters. The Labute approximate surface area is 201 Å². The third-order valence-corrected chi connectivity index (χ3v) is 6.48. The number of halogens is 1. The summed E-state index contributed by atoms with van der Waals surface area (Å²) in [7, 11) is 0. The number of anilines is 1. The Balaban J connectivity index is 1.58. The first kappa shape index (κ1) is 23.1. The van der Waals surface area contributed by atoms with Crippen LogP contribution in [-0.2, 0) is 11.3 Å². The van der Waals surface area contributed by atoms with E-state index in [9.17, 15) is 9.59 Å². The maximum atomic E-state index is 13.2. The number of aromatic nitrogens is 2. The summed E-state index contributed by atoms with van der Waals surface area (Å²) in [5.41, 5.74) is 3.33. The second-order valence-corrected chi connectivity index (χ2v) is 9.43. The molecule has 3 aromatic carbocycles. The summed E-state index contributed by atoms with van der Waals surface area (Å²) >= 11 is 7.25. The van der Waals surface area contributed by atoms with Crippen LogP contribution in [0.2, 0.25) is 5.02 Å². The van der Waals surface area contributed by atoms with E-state index in [1.54, 1.807) is 22.8 Å². The van der Waals surface area contributed by atoms with Crippen molar-refractivity contribution < 1.29 is 4.79 Å².